The number of carbonyl (C=O) groups excluding carboxylic acids is 1. The number of aliphatic hydroxyl groups is 1. The molecule has 1 aromatic rings. The Balaban J connectivity index is 2.74. The van der Waals surface area contributed by atoms with Crippen LogP contribution in [0.1, 0.15) is 30.1 Å². The van der Waals surface area contributed by atoms with Gasteiger partial charge in [0.05, 0.1) is 4.92 Å². The molecule has 0 fully saturated rings. The van der Waals surface area contributed by atoms with E-state index < -0.39 is 33.7 Å². The molecule has 0 saturated heterocycles. The third kappa shape index (κ3) is 4.45. The predicted octanol–water partition coefficient (Wildman–Crippen LogP) is 2.01. The molecule has 2 N–H and O–H groups in total. The largest absolute Gasteiger partial charge is 0.396 e. The van der Waals surface area contributed by atoms with Crippen molar-refractivity contribution in [3.8, 4) is 0 Å². The number of nitrogens with zero attached hydrogens (tertiary/aromatic N) is 1. The fourth-order valence-corrected chi connectivity index (χ4v) is 1.72. The van der Waals surface area contributed by atoms with Crippen LogP contribution in [-0.2, 0) is 0 Å². The Hall–Kier alpha value is -2.09. The van der Waals surface area contributed by atoms with Gasteiger partial charge in [-0.1, -0.05) is 6.92 Å². The molecular weight excluding hydrogens is 286 g/mol. The number of hydrogen-bond acceptors (Lipinski definition) is 4. The molecule has 0 aromatic heterocycles. The van der Waals surface area contributed by atoms with E-state index >= 15 is 0 Å². The summed E-state index contributed by atoms with van der Waals surface area (Å²) in [4.78, 5) is 21.3. The predicted molar refractivity (Wildman–Crippen MR) is 70.8 cm³/mol. The third-order valence-corrected chi connectivity index (χ3v) is 2.97. The number of aliphatic hydroxyl groups excluding tert-OH is 1. The van der Waals surface area contributed by atoms with E-state index in [1.165, 1.54) is 0 Å². The van der Waals surface area contributed by atoms with Crippen LogP contribution in [0.25, 0.3) is 0 Å². The van der Waals surface area contributed by atoms with Gasteiger partial charge in [0, 0.05) is 19.2 Å². The van der Waals surface area contributed by atoms with E-state index in [1.807, 2.05) is 6.92 Å². The quantitative estimate of drug-likeness (QED) is 0.458. The molecule has 8 heteroatoms. The molecule has 0 aliphatic carbocycles. The number of hydrogen-bond donors (Lipinski definition) is 2. The summed E-state index contributed by atoms with van der Waals surface area (Å²) in [6, 6.07) is 1.36. The van der Waals surface area contributed by atoms with Crippen molar-refractivity contribution in [3.63, 3.8) is 0 Å². The van der Waals surface area contributed by atoms with Crippen LogP contribution in [0.4, 0.5) is 14.5 Å². The molecule has 0 bridgehead atoms. The van der Waals surface area contributed by atoms with Gasteiger partial charge in [0.25, 0.3) is 5.91 Å². The van der Waals surface area contributed by atoms with Crippen LogP contribution in [0.2, 0.25) is 0 Å². The molecule has 21 heavy (non-hydrogen) atoms. The van der Waals surface area contributed by atoms with Gasteiger partial charge in [-0.25, -0.2) is 4.39 Å². The first-order chi connectivity index (χ1) is 9.88. The topological polar surface area (TPSA) is 92.5 Å². The van der Waals surface area contributed by atoms with Gasteiger partial charge in [-0.15, -0.1) is 0 Å². The van der Waals surface area contributed by atoms with Gasteiger partial charge in [-0.2, -0.15) is 4.39 Å². The van der Waals surface area contributed by atoms with Gasteiger partial charge in [0.15, 0.2) is 0 Å². The molecule has 1 unspecified atom stereocenters. The summed E-state index contributed by atoms with van der Waals surface area (Å²) >= 11 is 0. The van der Waals surface area contributed by atoms with Crippen molar-refractivity contribution in [2.24, 2.45) is 5.92 Å². The van der Waals surface area contributed by atoms with Crippen molar-refractivity contribution in [1.82, 2.24) is 5.32 Å². The van der Waals surface area contributed by atoms with Crippen molar-refractivity contribution in [3.05, 3.63) is 39.4 Å². The molecule has 1 rings (SSSR count). The molecule has 0 aliphatic rings. The van der Waals surface area contributed by atoms with E-state index in [1.54, 1.807) is 0 Å². The number of amides is 1. The Labute approximate surface area is 119 Å². The van der Waals surface area contributed by atoms with Gasteiger partial charge in [0.2, 0.25) is 5.82 Å². The summed E-state index contributed by atoms with van der Waals surface area (Å²) < 4.78 is 27.2. The van der Waals surface area contributed by atoms with Crippen LogP contribution >= 0.6 is 0 Å². The van der Waals surface area contributed by atoms with Gasteiger partial charge in [-0.3, -0.25) is 14.9 Å². The number of nitrogens with one attached hydrogen (secondary N) is 1. The van der Waals surface area contributed by atoms with Crippen molar-refractivity contribution < 1.29 is 23.6 Å². The van der Waals surface area contributed by atoms with E-state index in [9.17, 15) is 23.7 Å². The second kappa shape index (κ2) is 7.63. The molecule has 0 saturated carbocycles. The van der Waals surface area contributed by atoms with E-state index in [-0.39, 0.29) is 19.1 Å². The average Bonchev–Trinajstić information content (AvgIpc) is 2.42. The molecule has 1 atom stereocenters. The fraction of sp³-hybridized carbons (Fsp3) is 0.462. The Bertz CT molecular complexity index is 537. The molecule has 0 spiro atoms. The zero-order chi connectivity index (χ0) is 16.0. The summed E-state index contributed by atoms with van der Waals surface area (Å²) in [6.45, 7) is 1.99. The lowest BCUT2D eigenvalue weighted by atomic mass is 10.1. The Morgan fingerprint density at radius 1 is 1.48 bits per heavy atom. The van der Waals surface area contributed by atoms with Gasteiger partial charge < -0.3 is 10.4 Å². The fourth-order valence-electron chi connectivity index (χ4n) is 1.72. The molecule has 0 aliphatic heterocycles. The molecule has 0 radical (unpaired) electrons. The third-order valence-electron chi connectivity index (χ3n) is 2.97. The minimum Gasteiger partial charge on any atom is -0.396 e. The van der Waals surface area contributed by atoms with Crippen LogP contribution in [-0.4, -0.2) is 29.1 Å². The lowest BCUT2D eigenvalue weighted by Crippen LogP contribution is -2.27. The van der Waals surface area contributed by atoms with Crippen molar-refractivity contribution >= 4 is 11.6 Å². The van der Waals surface area contributed by atoms with Crippen LogP contribution in [0, 0.1) is 27.7 Å². The van der Waals surface area contributed by atoms with Crippen molar-refractivity contribution in [2.75, 3.05) is 13.2 Å². The second-order valence-electron chi connectivity index (χ2n) is 4.70. The molecule has 1 aromatic carbocycles. The van der Waals surface area contributed by atoms with Crippen LogP contribution in [0.5, 0.6) is 0 Å². The number of halogens is 2. The second-order valence-corrected chi connectivity index (χ2v) is 4.70. The van der Waals surface area contributed by atoms with Crippen LogP contribution < -0.4 is 5.32 Å². The standard InChI is InChI=1S/C13H16F2N2O4/c1-8(7-18)3-2-6-16-13(19)11-9(14)4-5-10(12(11)15)17(20)21/h4-5,8,18H,2-3,6-7H2,1H3,(H,16,19). The normalized spacial score (nSPS) is 12.0. The van der Waals surface area contributed by atoms with Gasteiger partial charge in [-0.05, 0) is 24.8 Å². The highest BCUT2D eigenvalue weighted by Crippen LogP contribution is 2.22. The van der Waals surface area contributed by atoms with Crippen molar-refractivity contribution in [1.29, 1.82) is 0 Å². The summed E-state index contributed by atoms with van der Waals surface area (Å²) in [6.07, 6.45) is 1.16. The first kappa shape index (κ1) is 17.0. The number of benzene rings is 1. The zero-order valence-electron chi connectivity index (χ0n) is 11.4. The smallest absolute Gasteiger partial charge is 0.305 e. The highest BCUT2D eigenvalue weighted by molar-refractivity contribution is 5.95. The minimum absolute atomic E-state index is 0.0160. The highest BCUT2D eigenvalue weighted by atomic mass is 19.1. The molecule has 0 heterocycles. The van der Waals surface area contributed by atoms with Crippen molar-refractivity contribution in [2.45, 2.75) is 19.8 Å². The monoisotopic (exact) mass is 302 g/mol. The first-order valence-corrected chi connectivity index (χ1v) is 6.40. The maximum absolute atomic E-state index is 13.8. The Kier molecular flexibility index (Phi) is 6.16. The summed E-state index contributed by atoms with van der Waals surface area (Å²) in [5.41, 5.74) is -1.91. The SMILES string of the molecule is CC(CO)CCCNC(=O)c1c(F)ccc([N+](=O)[O-])c1F. The minimum atomic E-state index is -1.48. The van der Waals surface area contributed by atoms with Gasteiger partial charge in [0.1, 0.15) is 11.4 Å². The zero-order valence-corrected chi connectivity index (χ0v) is 11.4. The summed E-state index contributed by atoms with van der Waals surface area (Å²) in [5.74, 6) is -3.61. The molecule has 1 amide bonds. The number of nitro benzene ring substituents is 1. The summed E-state index contributed by atoms with van der Waals surface area (Å²) in [5, 5.41) is 21.7. The van der Waals surface area contributed by atoms with Gasteiger partial charge >= 0.3 is 5.69 Å². The van der Waals surface area contributed by atoms with E-state index in [2.05, 4.69) is 5.32 Å². The number of rotatable bonds is 7. The lowest BCUT2D eigenvalue weighted by Gasteiger charge is -2.09. The average molecular weight is 302 g/mol. The Morgan fingerprint density at radius 3 is 2.71 bits per heavy atom. The number of carbonyl (C=O) groups is 1. The Morgan fingerprint density at radius 2 is 2.14 bits per heavy atom. The highest BCUT2D eigenvalue weighted by Gasteiger charge is 2.25. The molecule has 116 valence electrons. The lowest BCUT2D eigenvalue weighted by molar-refractivity contribution is -0.387. The first-order valence-electron chi connectivity index (χ1n) is 6.40. The molecular formula is C13H16F2N2O4. The maximum Gasteiger partial charge on any atom is 0.305 e. The number of nitro groups is 1. The van der Waals surface area contributed by atoms with Crippen LogP contribution in [0.15, 0.2) is 12.1 Å². The van der Waals surface area contributed by atoms with Crippen LogP contribution in [0.3, 0.4) is 0 Å². The maximum atomic E-state index is 13.8. The van der Waals surface area contributed by atoms with E-state index in [0.717, 1.165) is 0 Å². The summed E-state index contributed by atoms with van der Waals surface area (Å²) in [7, 11) is 0. The van der Waals surface area contributed by atoms with E-state index in [0.29, 0.717) is 25.0 Å². The molecule has 6 nitrogen and oxygen atoms in total. The van der Waals surface area contributed by atoms with E-state index in [4.69, 9.17) is 5.11 Å².